The maximum Gasteiger partial charge on any atom is 0.322 e. The van der Waals surface area contributed by atoms with E-state index in [9.17, 15) is 0 Å². The van der Waals surface area contributed by atoms with Crippen LogP contribution in [0.4, 0.5) is 5.95 Å². The van der Waals surface area contributed by atoms with E-state index < -0.39 is 0 Å². The van der Waals surface area contributed by atoms with Crippen molar-refractivity contribution >= 4 is 17.7 Å². The molecule has 19 heavy (non-hydrogen) atoms. The van der Waals surface area contributed by atoms with Crippen LogP contribution in [0.25, 0.3) is 0 Å². The predicted octanol–water partition coefficient (Wildman–Crippen LogP) is 1.22. The first-order valence-corrected chi connectivity index (χ1v) is 7.29. The van der Waals surface area contributed by atoms with Gasteiger partial charge in [-0.2, -0.15) is 15.0 Å². The number of nitrogens with zero attached hydrogens (tertiary/aromatic N) is 3. The molecule has 2 heterocycles. The van der Waals surface area contributed by atoms with E-state index in [1.807, 2.05) is 6.92 Å². The summed E-state index contributed by atoms with van der Waals surface area (Å²) in [5, 5.41) is 1.11. The summed E-state index contributed by atoms with van der Waals surface area (Å²) in [6.07, 6.45) is 2.92. The lowest BCUT2D eigenvalue weighted by molar-refractivity contribution is 0.1000. The minimum absolute atomic E-state index is 0.319. The van der Waals surface area contributed by atoms with Crippen molar-refractivity contribution in [2.45, 2.75) is 36.6 Å². The summed E-state index contributed by atoms with van der Waals surface area (Å²) in [6.45, 7) is 4.20. The van der Waals surface area contributed by atoms with Crippen molar-refractivity contribution in [1.29, 1.82) is 0 Å². The molecule has 1 fully saturated rings. The lowest BCUT2D eigenvalue weighted by atomic mass is 10.2. The summed E-state index contributed by atoms with van der Waals surface area (Å²) in [6, 6.07) is 0.319. The summed E-state index contributed by atoms with van der Waals surface area (Å²) in [4.78, 5) is 12.6. The number of hydrazine groups is 1. The fraction of sp³-hybridized carbons (Fsp3) is 0.727. The molecule has 0 aliphatic carbocycles. The summed E-state index contributed by atoms with van der Waals surface area (Å²) >= 11 is 1.62. The number of thioether (sulfide) groups is 1. The molecule has 0 aromatic carbocycles. The molecular weight excluding hydrogens is 266 g/mol. The molecule has 3 N–H and O–H groups in total. The molecule has 1 aromatic heterocycles. The van der Waals surface area contributed by atoms with E-state index in [0.29, 0.717) is 29.0 Å². The second-order valence-electron chi connectivity index (χ2n) is 4.15. The van der Waals surface area contributed by atoms with Gasteiger partial charge >= 0.3 is 6.01 Å². The van der Waals surface area contributed by atoms with E-state index in [1.165, 1.54) is 0 Å². The number of nitrogens with one attached hydrogen (secondary N) is 1. The molecule has 7 nitrogen and oxygen atoms in total. The number of rotatable bonds is 6. The normalized spacial score (nSPS) is 16.3. The van der Waals surface area contributed by atoms with Crippen LogP contribution in [-0.4, -0.2) is 40.0 Å². The van der Waals surface area contributed by atoms with Crippen molar-refractivity contribution in [2.24, 2.45) is 5.84 Å². The second kappa shape index (κ2) is 7.46. The summed E-state index contributed by atoms with van der Waals surface area (Å²) in [5.41, 5.74) is 2.44. The first-order chi connectivity index (χ1) is 9.31. The fourth-order valence-corrected chi connectivity index (χ4v) is 2.65. The molecule has 1 aromatic rings. The van der Waals surface area contributed by atoms with Gasteiger partial charge < -0.3 is 9.47 Å². The van der Waals surface area contributed by atoms with Gasteiger partial charge in [-0.1, -0.05) is 18.7 Å². The molecule has 0 saturated carbocycles. The van der Waals surface area contributed by atoms with E-state index in [2.05, 4.69) is 20.4 Å². The highest BCUT2D eigenvalue weighted by Crippen LogP contribution is 2.28. The van der Waals surface area contributed by atoms with Crippen molar-refractivity contribution in [3.05, 3.63) is 0 Å². The number of nitrogen functional groups attached to an aromatic ring is 1. The largest absolute Gasteiger partial charge is 0.463 e. The van der Waals surface area contributed by atoms with Crippen molar-refractivity contribution < 1.29 is 9.47 Å². The summed E-state index contributed by atoms with van der Waals surface area (Å²) in [5.74, 6) is 5.69. The number of ether oxygens (including phenoxy) is 2. The maximum atomic E-state index is 5.43. The van der Waals surface area contributed by atoms with Crippen LogP contribution in [0.5, 0.6) is 6.01 Å². The number of aromatic nitrogens is 3. The van der Waals surface area contributed by atoms with Crippen LogP contribution in [0.2, 0.25) is 0 Å². The molecule has 8 heteroatoms. The van der Waals surface area contributed by atoms with Crippen molar-refractivity contribution in [1.82, 2.24) is 15.0 Å². The Morgan fingerprint density at radius 2 is 2.16 bits per heavy atom. The standard InChI is InChI=1S/C11H19N5O2S/c1-2-5-18-10-13-9(16-12)14-11(15-10)19-8-3-6-17-7-4-8/h8H,2-7,12H2,1H3,(H,13,14,15,16). The van der Waals surface area contributed by atoms with E-state index in [0.717, 1.165) is 32.5 Å². The van der Waals surface area contributed by atoms with Gasteiger partial charge in [-0.05, 0) is 19.3 Å². The molecule has 2 rings (SSSR count). The average molecular weight is 285 g/mol. The Balaban J connectivity index is 2.04. The van der Waals surface area contributed by atoms with Crippen LogP contribution < -0.4 is 16.0 Å². The highest BCUT2D eigenvalue weighted by molar-refractivity contribution is 7.99. The van der Waals surface area contributed by atoms with Crippen molar-refractivity contribution in [2.75, 3.05) is 25.2 Å². The van der Waals surface area contributed by atoms with Gasteiger partial charge in [0.05, 0.1) is 6.61 Å². The first kappa shape index (κ1) is 14.3. The zero-order valence-corrected chi connectivity index (χ0v) is 11.8. The molecule has 106 valence electrons. The molecular formula is C11H19N5O2S. The molecule has 0 amide bonds. The van der Waals surface area contributed by atoms with Gasteiger partial charge in [0.25, 0.3) is 0 Å². The van der Waals surface area contributed by atoms with Gasteiger partial charge in [0.2, 0.25) is 5.95 Å². The highest BCUT2D eigenvalue weighted by Gasteiger charge is 2.18. The van der Waals surface area contributed by atoms with Gasteiger partial charge in [-0.15, -0.1) is 0 Å². The third-order valence-electron chi connectivity index (χ3n) is 2.60. The number of hydrogen-bond donors (Lipinski definition) is 2. The molecule has 1 aliphatic rings. The topological polar surface area (TPSA) is 95.2 Å². The molecule has 1 aliphatic heterocycles. The smallest absolute Gasteiger partial charge is 0.322 e. The van der Waals surface area contributed by atoms with Crippen LogP contribution in [0.3, 0.4) is 0 Å². The number of nitrogens with two attached hydrogens (primary N) is 1. The van der Waals surface area contributed by atoms with Gasteiger partial charge in [0.1, 0.15) is 0 Å². The molecule has 0 bridgehead atoms. The number of anilines is 1. The monoisotopic (exact) mass is 285 g/mol. The lowest BCUT2D eigenvalue weighted by Gasteiger charge is -2.20. The zero-order valence-electron chi connectivity index (χ0n) is 11.0. The fourth-order valence-electron chi connectivity index (χ4n) is 1.66. The van der Waals surface area contributed by atoms with Crippen LogP contribution in [0.1, 0.15) is 26.2 Å². The van der Waals surface area contributed by atoms with Crippen LogP contribution >= 0.6 is 11.8 Å². The summed E-state index contributed by atoms with van der Waals surface area (Å²) < 4.78 is 10.8. The van der Waals surface area contributed by atoms with Crippen molar-refractivity contribution in [3.8, 4) is 6.01 Å². The Morgan fingerprint density at radius 3 is 2.84 bits per heavy atom. The SMILES string of the molecule is CCCOc1nc(NN)nc(SC2CCOCC2)n1. The molecule has 0 atom stereocenters. The van der Waals surface area contributed by atoms with Crippen molar-refractivity contribution in [3.63, 3.8) is 0 Å². The Labute approximate surface area is 116 Å². The van der Waals surface area contributed by atoms with Gasteiger partial charge in [0.15, 0.2) is 5.16 Å². The molecule has 1 saturated heterocycles. The van der Waals surface area contributed by atoms with Crippen LogP contribution in [0.15, 0.2) is 5.16 Å². The Hall–Kier alpha value is -1.12. The van der Waals surface area contributed by atoms with Crippen LogP contribution in [-0.2, 0) is 4.74 Å². The van der Waals surface area contributed by atoms with E-state index in [-0.39, 0.29) is 0 Å². The van der Waals surface area contributed by atoms with Gasteiger partial charge in [-0.25, -0.2) is 5.84 Å². The van der Waals surface area contributed by atoms with Gasteiger partial charge in [0, 0.05) is 18.5 Å². The minimum Gasteiger partial charge on any atom is -0.463 e. The van der Waals surface area contributed by atoms with E-state index in [4.69, 9.17) is 15.3 Å². The third kappa shape index (κ3) is 4.48. The van der Waals surface area contributed by atoms with Gasteiger partial charge in [-0.3, -0.25) is 5.43 Å². The predicted molar refractivity (Wildman–Crippen MR) is 73.1 cm³/mol. The van der Waals surface area contributed by atoms with Crippen LogP contribution in [0, 0.1) is 0 Å². The maximum absolute atomic E-state index is 5.43. The molecule has 0 unspecified atom stereocenters. The zero-order chi connectivity index (χ0) is 13.5. The average Bonchev–Trinajstić information content (AvgIpc) is 2.46. The highest BCUT2D eigenvalue weighted by atomic mass is 32.2. The Kier molecular flexibility index (Phi) is 5.62. The minimum atomic E-state index is 0.319. The third-order valence-corrected chi connectivity index (χ3v) is 3.80. The van der Waals surface area contributed by atoms with E-state index in [1.54, 1.807) is 11.8 Å². The summed E-state index contributed by atoms with van der Waals surface area (Å²) in [7, 11) is 0. The van der Waals surface area contributed by atoms with E-state index >= 15 is 0 Å². The Morgan fingerprint density at radius 1 is 1.37 bits per heavy atom. The quantitative estimate of drug-likeness (QED) is 0.595. The molecule has 0 radical (unpaired) electrons. The second-order valence-corrected chi connectivity index (χ2v) is 5.41. The first-order valence-electron chi connectivity index (χ1n) is 6.41. The lowest BCUT2D eigenvalue weighted by Crippen LogP contribution is -2.18. The Bertz CT molecular complexity index is 401. The number of hydrogen-bond acceptors (Lipinski definition) is 8. The molecule has 0 spiro atoms.